The van der Waals surface area contributed by atoms with E-state index < -0.39 is 6.04 Å². The van der Waals surface area contributed by atoms with E-state index in [9.17, 15) is 9.59 Å². The fraction of sp³-hybridized carbons (Fsp3) is 0.440. The van der Waals surface area contributed by atoms with Crippen molar-refractivity contribution >= 4 is 17.5 Å². The number of rotatable bonds is 8. The molecule has 1 aliphatic carbocycles. The van der Waals surface area contributed by atoms with Crippen LogP contribution in [-0.4, -0.2) is 37.8 Å². The van der Waals surface area contributed by atoms with E-state index in [1.165, 1.54) is 0 Å². The molecular weight excluding hydrogens is 416 g/mol. The van der Waals surface area contributed by atoms with Crippen LogP contribution in [0.4, 0.5) is 5.69 Å². The molecule has 4 rings (SSSR count). The average molecular weight is 449 g/mol. The molecule has 2 unspecified atom stereocenters. The van der Waals surface area contributed by atoms with Gasteiger partial charge in [0.25, 0.3) is 5.91 Å². The third-order valence-corrected chi connectivity index (χ3v) is 6.42. The van der Waals surface area contributed by atoms with Crippen LogP contribution in [0.3, 0.4) is 0 Å². The number of carbonyl (C=O) groups excluding carboxylic acids is 2. The highest BCUT2D eigenvalue weighted by molar-refractivity contribution is 6.00. The van der Waals surface area contributed by atoms with Crippen molar-refractivity contribution in [1.82, 2.24) is 25.3 Å². The monoisotopic (exact) mass is 448 g/mol. The second-order valence-electron chi connectivity index (χ2n) is 9.28. The highest BCUT2D eigenvalue weighted by atomic mass is 16.2. The predicted molar refractivity (Wildman–Crippen MR) is 128 cm³/mol. The summed E-state index contributed by atoms with van der Waals surface area (Å²) < 4.78 is 1.67. The Bertz CT molecular complexity index is 1120. The Morgan fingerprint density at radius 1 is 1.09 bits per heavy atom. The minimum Gasteiger partial charge on any atom is -0.339 e. The van der Waals surface area contributed by atoms with E-state index in [2.05, 4.69) is 25.9 Å². The van der Waals surface area contributed by atoms with Gasteiger partial charge in [-0.2, -0.15) is 10.2 Å². The van der Waals surface area contributed by atoms with E-state index in [0.29, 0.717) is 17.3 Å². The first kappa shape index (κ1) is 22.8. The van der Waals surface area contributed by atoms with Crippen LogP contribution in [0.2, 0.25) is 0 Å². The molecule has 2 amide bonds. The van der Waals surface area contributed by atoms with Gasteiger partial charge in [-0.25, -0.2) is 0 Å². The Morgan fingerprint density at radius 3 is 2.36 bits per heavy atom. The van der Waals surface area contributed by atoms with Crippen molar-refractivity contribution in [2.75, 3.05) is 5.32 Å². The average Bonchev–Trinajstić information content (AvgIpc) is 3.41. The summed E-state index contributed by atoms with van der Waals surface area (Å²) in [5.74, 6) is 0.00208. The largest absolute Gasteiger partial charge is 0.339 e. The minimum atomic E-state index is -0.626. The highest BCUT2D eigenvalue weighted by Crippen LogP contribution is 2.38. The number of aromatic amines is 1. The zero-order valence-corrected chi connectivity index (χ0v) is 19.8. The molecule has 3 aromatic rings. The number of aromatic nitrogens is 4. The Labute approximate surface area is 194 Å². The SMILES string of the molecule is Cc1n[nH]c(C)c1-c1ccc(NC(=O)C(NC(=O)c2ccnn2C(C)C)C(C)C2CC2)cc1. The maximum absolute atomic E-state index is 13.3. The van der Waals surface area contributed by atoms with Gasteiger partial charge in [0.1, 0.15) is 11.7 Å². The minimum absolute atomic E-state index is 0.0416. The van der Waals surface area contributed by atoms with Crippen molar-refractivity contribution in [3.05, 3.63) is 53.6 Å². The number of carbonyl (C=O) groups is 2. The molecule has 1 aromatic carbocycles. The summed E-state index contributed by atoms with van der Waals surface area (Å²) in [4.78, 5) is 26.3. The molecule has 8 nitrogen and oxygen atoms in total. The van der Waals surface area contributed by atoms with Crippen molar-refractivity contribution in [3.63, 3.8) is 0 Å². The smallest absolute Gasteiger partial charge is 0.270 e. The lowest BCUT2D eigenvalue weighted by molar-refractivity contribution is -0.119. The molecule has 2 heterocycles. The van der Waals surface area contributed by atoms with Crippen molar-refractivity contribution < 1.29 is 9.59 Å². The van der Waals surface area contributed by atoms with Crippen LogP contribution in [0.25, 0.3) is 11.1 Å². The Kier molecular flexibility index (Phi) is 6.35. The van der Waals surface area contributed by atoms with Gasteiger partial charge in [-0.1, -0.05) is 19.1 Å². The molecule has 0 spiro atoms. The topological polar surface area (TPSA) is 105 Å². The molecule has 1 saturated carbocycles. The van der Waals surface area contributed by atoms with Crippen molar-refractivity contribution in [3.8, 4) is 11.1 Å². The normalized spacial score (nSPS) is 15.3. The predicted octanol–water partition coefficient (Wildman–Crippen LogP) is 4.25. The van der Waals surface area contributed by atoms with Crippen LogP contribution in [0.1, 0.15) is 61.5 Å². The van der Waals surface area contributed by atoms with Gasteiger partial charge < -0.3 is 10.6 Å². The van der Waals surface area contributed by atoms with Crippen LogP contribution >= 0.6 is 0 Å². The first-order valence-electron chi connectivity index (χ1n) is 11.5. The molecule has 3 N–H and O–H groups in total. The lowest BCUT2D eigenvalue weighted by Gasteiger charge is -2.25. The molecular formula is C25H32N6O2. The Morgan fingerprint density at radius 2 is 1.79 bits per heavy atom. The molecule has 174 valence electrons. The van der Waals surface area contributed by atoms with Crippen molar-refractivity contribution in [2.45, 2.75) is 59.5 Å². The highest BCUT2D eigenvalue weighted by Gasteiger charge is 2.38. The number of hydrogen-bond donors (Lipinski definition) is 3. The molecule has 0 bridgehead atoms. The number of anilines is 1. The molecule has 8 heteroatoms. The zero-order chi connectivity index (χ0) is 23.7. The maximum atomic E-state index is 13.3. The molecule has 33 heavy (non-hydrogen) atoms. The van der Waals surface area contributed by atoms with Gasteiger partial charge in [-0.15, -0.1) is 0 Å². The first-order valence-corrected chi connectivity index (χ1v) is 11.5. The summed E-state index contributed by atoms with van der Waals surface area (Å²) in [6.45, 7) is 9.93. The number of hydrogen-bond acceptors (Lipinski definition) is 4. The molecule has 0 radical (unpaired) electrons. The third kappa shape index (κ3) is 4.84. The van der Waals surface area contributed by atoms with Gasteiger partial charge >= 0.3 is 0 Å². The van der Waals surface area contributed by atoms with E-state index in [-0.39, 0.29) is 23.8 Å². The summed E-state index contributed by atoms with van der Waals surface area (Å²) >= 11 is 0. The molecule has 1 fully saturated rings. The number of amides is 2. The van der Waals surface area contributed by atoms with Crippen LogP contribution in [0.15, 0.2) is 36.5 Å². The fourth-order valence-corrected chi connectivity index (χ4v) is 4.37. The van der Waals surface area contributed by atoms with Crippen LogP contribution in [-0.2, 0) is 4.79 Å². The van der Waals surface area contributed by atoms with E-state index in [4.69, 9.17) is 0 Å². The van der Waals surface area contributed by atoms with Gasteiger partial charge in [-0.05, 0) is 76.1 Å². The second kappa shape index (κ2) is 9.21. The summed E-state index contributed by atoms with van der Waals surface area (Å²) in [6.07, 6.45) is 3.78. The van der Waals surface area contributed by atoms with E-state index in [1.54, 1.807) is 16.9 Å². The lowest BCUT2D eigenvalue weighted by atomic mass is 9.95. The Hall–Kier alpha value is -3.42. The second-order valence-corrected chi connectivity index (χ2v) is 9.28. The molecule has 0 aliphatic heterocycles. The van der Waals surface area contributed by atoms with Gasteiger partial charge in [0.2, 0.25) is 5.91 Å². The van der Waals surface area contributed by atoms with Gasteiger partial charge in [0, 0.05) is 29.2 Å². The summed E-state index contributed by atoms with van der Waals surface area (Å²) in [5.41, 5.74) is 5.20. The third-order valence-electron chi connectivity index (χ3n) is 6.42. The summed E-state index contributed by atoms with van der Waals surface area (Å²) in [7, 11) is 0. The number of nitrogens with one attached hydrogen (secondary N) is 3. The Balaban J connectivity index is 1.50. The summed E-state index contributed by atoms with van der Waals surface area (Å²) in [5, 5.41) is 17.5. The quantitative estimate of drug-likeness (QED) is 0.479. The molecule has 0 saturated heterocycles. The van der Waals surface area contributed by atoms with Gasteiger partial charge in [0.05, 0.1) is 5.69 Å². The molecule has 2 atom stereocenters. The number of nitrogens with zero attached hydrogens (tertiary/aromatic N) is 3. The van der Waals surface area contributed by atoms with Crippen molar-refractivity contribution in [1.29, 1.82) is 0 Å². The van der Waals surface area contributed by atoms with Gasteiger partial charge in [-0.3, -0.25) is 19.4 Å². The van der Waals surface area contributed by atoms with E-state index >= 15 is 0 Å². The van der Waals surface area contributed by atoms with Crippen LogP contribution < -0.4 is 10.6 Å². The van der Waals surface area contributed by atoms with Crippen LogP contribution in [0.5, 0.6) is 0 Å². The number of aryl methyl sites for hydroxylation is 2. The lowest BCUT2D eigenvalue weighted by Crippen LogP contribution is -2.48. The fourth-order valence-electron chi connectivity index (χ4n) is 4.37. The summed E-state index contributed by atoms with van der Waals surface area (Å²) in [6, 6.07) is 8.82. The van der Waals surface area contributed by atoms with Crippen molar-refractivity contribution in [2.24, 2.45) is 11.8 Å². The van der Waals surface area contributed by atoms with Gasteiger partial charge in [0.15, 0.2) is 0 Å². The van der Waals surface area contributed by atoms with E-state index in [1.807, 2.05) is 58.9 Å². The zero-order valence-electron chi connectivity index (χ0n) is 19.8. The number of H-pyrrole nitrogens is 1. The molecule has 1 aliphatic rings. The van der Waals surface area contributed by atoms with Crippen LogP contribution in [0, 0.1) is 25.7 Å². The standard InChI is InChI=1S/C25H32N6O2/c1-14(2)31-21(12-13-26-31)24(32)28-23(15(3)18-6-7-18)25(33)27-20-10-8-19(9-11-20)22-16(4)29-30-17(22)5/h8-15,18,23H,6-7H2,1-5H3,(H,27,33)(H,28,32)(H,29,30). The maximum Gasteiger partial charge on any atom is 0.270 e. The van der Waals surface area contributed by atoms with E-state index in [0.717, 1.165) is 35.4 Å². The number of benzene rings is 1. The first-order chi connectivity index (χ1) is 15.8. The molecule has 2 aromatic heterocycles.